The second-order valence-electron chi connectivity index (χ2n) is 2.89. The minimum atomic E-state index is -1.24. The summed E-state index contributed by atoms with van der Waals surface area (Å²) in [7, 11) is 0. The highest BCUT2D eigenvalue weighted by Crippen LogP contribution is 2.28. The summed E-state index contributed by atoms with van der Waals surface area (Å²) >= 11 is 0. The van der Waals surface area contributed by atoms with E-state index in [0.29, 0.717) is 25.7 Å². The highest BCUT2D eigenvalue weighted by molar-refractivity contribution is 5.79. The van der Waals surface area contributed by atoms with Gasteiger partial charge in [-0.15, -0.1) is 0 Å². The summed E-state index contributed by atoms with van der Waals surface area (Å²) in [5, 5.41) is 0. The van der Waals surface area contributed by atoms with Crippen molar-refractivity contribution in [3.05, 3.63) is 0 Å². The standard InChI is InChI=1S/C7H12FNO/c8-7(5-9)3-1-6(10)2-4-7/h1-5,9H2. The van der Waals surface area contributed by atoms with Crippen molar-refractivity contribution in [1.82, 2.24) is 0 Å². The molecule has 0 heterocycles. The lowest BCUT2D eigenvalue weighted by molar-refractivity contribution is -0.122. The van der Waals surface area contributed by atoms with Gasteiger partial charge in [-0.2, -0.15) is 0 Å². The molecule has 0 spiro atoms. The zero-order valence-electron chi connectivity index (χ0n) is 5.90. The third-order valence-corrected chi connectivity index (χ3v) is 2.07. The largest absolute Gasteiger partial charge is 0.328 e. The number of carbonyl (C=O) groups is 1. The van der Waals surface area contributed by atoms with Crippen molar-refractivity contribution in [3.8, 4) is 0 Å². The van der Waals surface area contributed by atoms with Crippen LogP contribution < -0.4 is 5.73 Å². The molecule has 0 unspecified atom stereocenters. The van der Waals surface area contributed by atoms with Gasteiger partial charge in [0.1, 0.15) is 11.5 Å². The Morgan fingerprint density at radius 1 is 1.50 bits per heavy atom. The number of Topliss-reactive ketones (excluding diaryl/α,β-unsaturated/α-hetero) is 1. The maximum atomic E-state index is 13.2. The minimum Gasteiger partial charge on any atom is -0.328 e. The third kappa shape index (κ3) is 1.53. The van der Waals surface area contributed by atoms with Crippen molar-refractivity contribution in [1.29, 1.82) is 0 Å². The van der Waals surface area contributed by atoms with E-state index in [1.807, 2.05) is 0 Å². The van der Waals surface area contributed by atoms with Crippen LogP contribution in [0.25, 0.3) is 0 Å². The van der Waals surface area contributed by atoms with E-state index in [1.165, 1.54) is 0 Å². The lowest BCUT2D eigenvalue weighted by Crippen LogP contribution is -2.37. The second kappa shape index (κ2) is 2.66. The van der Waals surface area contributed by atoms with Crippen LogP contribution >= 0.6 is 0 Å². The lowest BCUT2D eigenvalue weighted by atomic mass is 9.86. The Bertz CT molecular complexity index is 137. The molecule has 10 heavy (non-hydrogen) atoms. The van der Waals surface area contributed by atoms with Crippen LogP contribution in [0, 0.1) is 0 Å². The van der Waals surface area contributed by atoms with Crippen molar-refractivity contribution < 1.29 is 9.18 Å². The van der Waals surface area contributed by atoms with Gasteiger partial charge in [-0.05, 0) is 12.8 Å². The summed E-state index contributed by atoms with van der Waals surface area (Å²) in [6.45, 7) is 0.0558. The van der Waals surface area contributed by atoms with Crippen molar-refractivity contribution in [2.45, 2.75) is 31.4 Å². The number of alkyl halides is 1. The Morgan fingerprint density at radius 3 is 2.40 bits per heavy atom. The van der Waals surface area contributed by atoms with Crippen LogP contribution in [-0.4, -0.2) is 18.0 Å². The van der Waals surface area contributed by atoms with Gasteiger partial charge in [0.15, 0.2) is 0 Å². The van der Waals surface area contributed by atoms with Crippen LogP contribution in [0.3, 0.4) is 0 Å². The number of rotatable bonds is 1. The average molecular weight is 145 g/mol. The molecule has 1 saturated carbocycles. The zero-order chi connectivity index (χ0) is 7.61. The van der Waals surface area contributed by atoms with E-state index in [9.17, 15) is 9.18 Å². The van der Waals surface area contributed by atoms with Crippen molar-refractivity contribution >= 4 is 5.78 Å². The molecule has 1 aliphatic rings. The van der Waals surface area contributed by atoms with Crippen molar-refractivity contribution in [2.75, 3.05) is 6.54 Å². The monoisotopic (exact) mass is 145 g/mol. The van der Waals surface area contributed by atoms with Crippen LogP contribution in [0.1, 0.15) is 25.7 Å². The number of hydrogen-bond donors (Lipinski definition) is 1. The van der Waals surface area contributed by atoms with Gasteiger partial charge in [0.25, 0.3) is 0 Å². The molecule has 0 bridgehead atoms. The SMILES string of the molecule is NCC1(F)CCC(=O)CC1. The first-order valence-corrected chi connectivity index (χ1v) is 3.57. The van der Waals surface area contributed by atoms with E-state index in [-0.39, 0.29) is 12.3 Å². The molecule has 2 nitrogen and oxygen atoms in total. The quantitative estimate of drug-likeness (QED) is 0.593. The summed E-state index contributed by atoms with van der Waals surface area (Å²) in [5.74, 6) is 0.168. The molecular weight excluding hydrogens is 133 g/mol. The van der Waals surface area contributed by atoms with Crippen LogP contribution in [0.5, 0.6) is 0 Å². The smallest absolute Gasteiger partial charge is 0.133 e. The molecule has 1 rings (SSSR count). The highest BCUT2D eigenvalue weighted by Gasteiger charge is 2.32. The number of halogens is 1. The molecule has 0 atom stereocenters. The topological polar surface area (TPSA) is 43.1 Å². The maximum absolute atomic E-state index is 13.2. The van der Waals surface area contributed by atoms with E-state index in [4.69, 9.17) is 5.73 Å². The van der Waals surface area contributed by atoms with Crippen LogP contribution in [0.15, 0.2) is 0 Å². The van der Waals surface area contributed by atoms with Crippen LogP contribution in [0.4, 0.5) is 4.39 Å². The predicted octanol–water partition coefficient (Wildman–Crippen LogP) is 0.796. The fourth-order valence-electron chi connectivity index (χ4n) is 1.18. The zero-order valence-corrected chi connectivity index (χ0v) is 5.90. The number of nitrogens with two attached hydrogens (primary N) is 1. The van der Waals surface area contributed by atoms with Crippen molar-refractivity contribution in [3.63, 3.8) is 0 Å². The maximum Gasteiger partial charge on any atom is 0.133 e. The molecule has 3 heteroatoms. The summed E-state index contributed by atoms with van der Waals surface area (Å²) in [6.07, 6.45) is 1.38. The molecular formula is C7H12FNO. The average Bonchev–Trinajstić information content (AvgIpc) is 1.96. The fraction of sp³-hybridized carbons (Fsp3) is 0.857. The van der Waals surface area contributed by atoms with E-state index >= 15 is 0 Å². The summed E-state index contributed by atoms with van der Waals surface area (Å²) in [4.78, 5) is 10.7. The Morgan fingerprint density at radius 2 is 2.00 bits per heavy atom. The van der Waals surface area contributed by atoms with Gasteiger partial charge in [0.05, 0.1) is 0 Å². The van der Waals surface area contributed by atoms with Crippen LogP contribution in [0.2, 0.25) is 0 Å². The molecule has 0 radical (unpaired) electrons. The highest BCUT2D eigenvalue weighted by atomic mass is 19.1. The van der Waals surface area contributed by atoms with Gasteiger partial charge >= 0.3 is 0 Å². The van der Waals surface area contributed by atoms with E-state index in [0.717, 1.165) is 0 Å². The minimum absolute atomic E-state index is 0.0558. The van der Waals surface area contributed by atoms with Crippen LogP contribution in [-0.2, 0) is 4.79 Å². The fourth-order valence-corrected chi connectivity index (χ4v) is 1.18. The molecule has 0 saturated heterocycles. The molecule has 0 aromatic heterocycles. The van der Waals surface area contributed by atoms with E-state index in [1.54, 1.807) is 0 Å². The summed E-state index contributed by atoms with van der Waals surface area (Å²) < 4.78 is 13.2. The Hall–Kier alpha value is -0.440. The molecule has 0 aromatic carbocycles. The van der Waals surface area contributed by atoms with Gasteiger partial charge in [0, 0.05) is 19.4 Å². The van der Waals surface area contributed by atoms with E-state index < -0.39 is 5.67 Å². The summed E-state index contributed by atoms with van der Waals surface area (Å²) in [5.41, 5.74) is 3.95. The lowest BCUT2D eigenvalue weighted by Gasteiger charge is -2.26. The Balaban J connectivity index is 2.46. The predicted molar refractivity (Wildman–Crippen MR) is 36.4 cm³/mol. The molecule has 0 amide bonds. The molecule has 0 aliphatic heterocycles. The first-order valence-electron chi connectivity index (χ1n) is 3.57. The first-order chi connectivity index (χ1) is 4.66. The molecule has 2 N–H and O–H groups in total. The Labute approximate surface area is 59.6 Å². The summed E-state index contributed by atoms with van der Waals surface area (Å²) in [6, 6.07) is 0. The third-order valence-electron chi connectivity index (χ3n) is 2.07. The number of carbonyl (C=O) groups excluding carboxylic acids is 1. The van der Waals surface area contributed by atoms with Gasteiger partial charge in [-0.3, -0.25) is 4.79 Å². The van der Waals surface area contributed by atoms with Gasteiger partial charge in [-0.1, -0.05) is 0 Å². The molecule has 1 fully saturated rings. The van der Waals surface area contributed by atoms with E-state index in [2.05, 4.69) is 0 Å². The van der Waals surface area contributed by atoms with Gasteiger partial charge in [-0.25, -0.2) is 4.39 Å². The second-order valence-corrected chi connectivity index (χ2v) is 2.89. The van der Waals surface area contributed by atoms with Gasteiger partial charge in [0.2, 0.25) is 0 Å². The molecule has 1 aliphatic carbocycles. The molecule has 0 aromatic rings. The number of hydrogen-bond acceptors (Lipinski definition) is 2. The molecule has 58 valence electrons. The number of ketones is 1. The first kappa shape index (κ1) is 7.66. The van der Waals surface area contributed by atoms with Crippen molar-refractivity contribution in [2.24, 2.45) is 5.73 Å². The normalized spacial score (nSPS) is 24.8. The van der Waals surface area contributed by atoms with Gasteiger partial charge < -0.3 is 5.73 Å². The Kier molecular flexibility index (Phi) is 2.04.